The highest BCUT2D eigenvalue weighted by Crippen LogP contribution is 2.31. The van der Waals surface area contributed by atoms with Crippen LogP contribution in [0.3, 0.4) is 0 Å². The predicted molar refractivity (Wildman–Crippen MR) is 121 cm³/mol. The quantitative estimate of drug-likeness (QED) is 0.386. The van der Waals surface area contributed by atoms with E-state index in [1.165, 1.54) is 23.8 Å². The summed E-state index contributed by atoms with van der Waals surface area (Å²) in [6.45, 7) is 0. The number of pyridine rings is 1. The lowest BCUT2D eigenvalue weighted by Crippen LogP contribution is -2.18. The van der Waals surface area contributed by atoms with Crippen molar-refractivity contribution in [3.05, 3.63) is 89.1 Å². The molecular formula is C25H18FN3O4. The van der Waals surface area contributed by atoms with Gasteiger partial charge in [0.2, 0.25) is 5.82 Å². The van der Waals surface area contributed by atoms with Crippen LogP contribution in [0.4, 0.5) is 4.39 Å². The number of fused-ring (bicyclic) bond motifs is 1. The average molecular weight is 443 g/mol. The van der Waals surface area contributed by atoms with E-state index in [0.717, 1.165) is 0 Å². The summed E-state index contributed by atoms with van der Waals surface area (Å²) in [5.74, 6) is 1.10. The van der Waals surface area contributed by atoms with Crippen molar-refractivity contribution in [1.29, 1.82) is 0 Å². The van der Waals surface area contributed by atoms with Crippen LogP contribution in [-0.4, -0.2) is 28.9 Å². The van der Waals surface area contributed by atoms with Crippen LogP contribution in [0.15, 0.2) is 82.2 Å². The van der Waals surface area contributed by atoms with Gasteiger partial charge in [-0.15, -0.1) is 0 Å². The number of hydrogen-bond acceptors (Lipinski definition) is 6. The molecule has 5 aromatic rings. The van der Waals surface area contributed by atoms with Gasteiger partial charge in [-0.2, -0.15) is 4.98 Å². The second-order valence-corrected chi connectivity index (χ2v) is 7.24. The lowest BCUT2D eigenvalue weighted by Gasteiger charge is -2.13. The van der Waals surface area contributed by atoms with Crippen molar-refractivity contribution in [2.45, 2.75) is 0 Å². The molecule has 0 aliphatic heterocycles. The number of aromatic nitrogens is 3. The molecule has 2 heterocycles. The van der Waals surface area contributed by atoms with E-state index >= 15 is 0 Å². The summed E-state index contributed by atoms with van der Waals surface area (Å²) < 4.78 is 31.4. The Morgan fingerprint density at radius 2 is 1.70 bits per heavy atom. The molecule has 0 aliphatic carbocycles. The molecule has 2 aromatic heterocycles. The number of rotatable bonds is 5. The number of hydrogen-bond donors (Lipinski definition) is 0. The topological polar surface area (TPSA) is 79.4 Å². The molecule has 7 nitrogen and oxygen atoms in total. The van der Waals surface area contributed by atoms with Crippen LogP contribution in [0.1, 0.15) is 0 Å². The molecule has 8 heteroatoms. The highest BCUT2D eigenvalue weighted by Gasteiger charge is 2.18. The number of ether oxygens (including phenoxy) is 2. The average Bonchev–Trinajstić information content (AvgIpc) is 3.34. The van der Waals surface area contributed by atoms with Crippen molar-refractivity contribution >= 4 is 10.8 Å². The number of benzene rings is 3. The molecule has 0 aliphatic rings. The van der Waals surface area contributed by atoms with Gasteiger partial charge in [0.1, 0.15) is 5.82 Å². The normalized spacial score (nSPS) is 11.0. The minimum atomic E-state index is -0.397. The van der Waals surface area contributed by atoms with Gasteiger partial charge in [0.25, 0.3) is 11.4 Å². The Morgan fingerprint density at radius 1 is 0.909 bits per heavy atom. The maximum absolute atomic E-state index is 13.6. The summed E-state index contributed by atoms with van der Waals surface area (Å²) in [6, 6.07) is 18.3. The first-order chi connectivity index (χ1) is 16.1. The minimum absolute atomic E-state index is 0.208. The van der Waals surface area contributed by atoms with E-state index in [1.54, 1.807) is 55.8 Å². The van der Waals surface area contributed by atoms with Gasteiger partial charge in [-0.1, -0.05) is 35.5 Å². The molecule has 0 unspecified atom stereocenters. The summed E-state index contributed by atoms with van der Waals surface area (Å²) in [4.78, 5) is 17.8. The Labute approximate surface area is 187 Å². The molecule has 33 heavy (non-hydrogen) atoms. The van der Waals surface area contributed by atoms with E-state index in [0.29, 0.717) is 39.1 Å². The van der Waals surface area contributed by atoms with E-state index in [1.807, 2.05) is 12.1 Å². The van der Waals surface area contributed by atoms with Crippen LogP contribution < -0.4 is 15.0 Å². The fourth-order valence-electron chi connectivity index (χ4n) is 3.71. The van der Waals surface area contributed by atoms with Crippen LogP contribution in [-0.2, 0) is 0 Å². The molecule has 0 amide bonds. The molecule has 0 N–H and O–H groups in total. The summed E-state index contributed by atoms with van der Waals surface area (Å²) in [7, 11) is 3.08. The van der Waals surface area contributed by atoms with Gasteiger partial charge in [0.05, 0.1) is 25.5 Å². The molecule has 164 valence electrons. The van der Waals surface area contributed by atoms with Crippen LogP contribution in [0.25, 0.3) is 39.3 Å². The highest BCUT2D eigenvalue weighted by molar-refractivity contribution is 5.94. The van der Waals surface area contributed by atoms with E-state index in [-0.39, 0.29) is 17.3 Å². The Balaban J connectivity index is 1.71. The molecule has 5 rings (SSSR count). The first-order valence-electron chi connectivity index (χ1n) is 10.1. The summed E-state index contributed by atoms with van der Waals surface area (Å²) >= 11 is 0. The Kier molecular flexibility index (Phi) is 5.10. The van der Waals surface area contributed by atoms with Crippen molar-refractivity contribution in [3.8, 4) is 40.0 Å². The maximum atomic E-state index is 13.6. The zero-order chi connectivity index (χ0) is 22.9. The molecule has 0 saturated heterocycles. The van der Waals surface area contributed by atoms with Gasteiger partial charge in [-0.05, 0) is 30.3 Å². The van der Waals surface area contributed by atoms with E-state index in [9.17, 15) is 9.18 Å². The molecule has 0 radical (unpaired) electrons. The van der Waals surface area contributed by atoms with Gasteiger partial charge in [0.15, 0.2) is 11.5 Å². The van der Waals surface area contributed by atoms with Crippen LogP contribution >= 0.6 is 0 Å². The van der Waals surface area contributed by atoms with Crippen LogP contribution in [0.2, 0.25) is 0 Å². The summed E-state index contributed by atoms with van der Waals surface area (Å²) in [5, 5.41) is 5.15. The third kappa shape index (κ3) is 3.61. The van der Waals surface area contributed by atoms with Crippen LogP contribution in [0.5, 0.6) is 11.5 Å². The first-order valence-corrected chi connectivity index (χ1v) is 10.1. The number of methoxy groups -OCH3 is 2. The zero-order valence-electron chi connectivity index (χ0n) is 17.8. The maximum Gasteiger partial charge on any atom is 0.262 e. The summed E-state index contributed by atoms with van der Waals surface area (Å²) in [5.41, 5.74) is 1.42. The van der Waals surface area contributed by atoms with Gasteiger partial charge in [-0.25, -0.2) is 4.39 Å². The SMILES string of the molecule is COc1ccc(-n2cc(-c3nc(-c4cccc(F)c4)no3)c3ccccc3c2=O)cc1OC. The molecular weight excluding hydrogens is 425 g/mol. The number of halogens is 1. The van der Waals surface area contributed by atoms with E-state index in [2.05, 4.69) is 10.1 Å². The fourth-order valence-corrected chi connectivity index (χ4v) is 3.71. The standard InChI is InChI=1S/C25H18FN3O4/c1-31-21-11-10-17(13-22(21)32-2)29-14-20(18-8-3-4-9-19(18)25(29)30)24-27-23(28-33-24)15-6-5-7-16(26)12-15/h3-14H,1-2H3. The highest BCUT2D eigenvalue weighted by atomic mass is 19.1. The number of nitrogens with zero attached hydrogens (tertiary/aromatic N) is 3. The monoisotopic (exact) mass is 443 g/mol. The third-order valence-electron chi connectivity index (χ3n) is 5.31. The van der Waals surface area contributed by atoms with Gasteiger partial charge in [0, 0.05) is 28.6 Å². The second kappa shape index (κ2) is 8.23. The van der Waals surface area contributed by atoms with Crippen LogP contribution in [0, 0.1) is 5.82 Å². The Bertz CT molecular complexity index is 1540. The molecule has 0 saturated carbocycles. The smallest absolute Gasteiger partial charge is 0.262 e. The van der Waals surface area contributed by atoms with E-state index in [4.69, 9.17) is 14.0 Å². The van der Waals surface area contributed by atoms with Crippen molar-refractivity contribution in [2.75, 3.05) is 14.2 Å². The summed E-state index contributed by atoms with van der Waals surface area (Å²) in [6.07, 6.45) is 1.65. The third-order valence-corrected chi connectivity index (χ3v) is 5.31. The Morgan fingerprint density at radius 3 is 2.45 bits per heavy atom. The van der Waals surface area contributed by atoms with Gasteiger partial charge < -0.3 is 14.0 Å². The molecule has 0 spiro atoms. The van der Waals surface area contributed by atoms with Crippen molar-refractivity contribution in [3.63, 3.8) is 0 Å². The van der Waals surface area contributed by atoms with Crippen molar-refractivity contribution in [2.24, 2.45) is 0 Å². The largest absolute Gasteiger partial charge is 0.493 e. The zero-order valence-corrected chi connectivity index (χ0v) is 17.8. The fraction of sp³-hybridized carbons (Fsp3) is 0.0800. The van der Waals surface area contributed by atoms with Gasteiger partial charge in [-0.3, -0.25) is 9.36 Å². The predicted octanol–water partition coefficient (Wildman–Crippen LogP) is 4.86. The lowest BCUT2D eigenvalue weighted by atomic mass is 10.1. The molecule has 0 bridgehead atoms. The van der Waals surface area contributed by atoms with Crippen molar-refractivity contribution < 1.29 is 18.4 Å². The second-order valence-electron chi connectivity index (χ2n) is 7.24. The van der Waals surface area contributed by atoms with Gasteiger partial charge >= 0.3 is 0 Å². The Hall–Kier alpha value is -4.46. The lowest BCUT2D eigenvalue weighted by molar-refractivity contribution is 0.355. The van der Waals surface area contributed by atoms with E-state index < -0.39 is 5.82 Å². The minimum Gasteiger partial charge on any atom is -0.493 e. The molecule has 0 fully saturated rings. The molecule has 3 aromatic carbocycles. The molecule has 0 atom stereocenters. The first kappa shape index (κ1) is 20.4. The van der Waals surface area contributed by atoms with Crippen molar-refractivity contribution in [1.82, 2.24) is 14.7 Å².